The highest BCUT2D eigenvalue weighted by atomic mass is 16.5. The summed E-state index contributed by atoms with van der Waals surface area (Å²) in [5.41, 5.74) is 2.31. The standard InChI is InChI=1S/C16H16N4O2/c1-20-16(22-2)13-4-3-12(9-14(13)19-20)15(21)18-10-11-5-7-17-8-6-11/h3-9H,10H2,1-2H3,(H,18,21). The van der Waals surface area contributed by atoms with Crippen LogP contribution in [0.25, 0.3) is 10.9 Å². The van der Waals surface area contributed by atoms with E-state index in [1.807, 2.05) is 25.2 Å². The minimum absolute atomic E-state index is 0.136. The molecule has 2 aromatic heterocycles. The predicted molar refractivity (Wildman–Crippen MR) is 82.7 cm³/mol. The van der Waals surface area contributed by atoms with Gasteiger partial charge >= 0.3 is 0 Å². The van der Waals surface area contributed by atoms with E-state index in [0.717, 1.165) is 16.5 Å². The summed E-state index contributed by atoms with van der Waals surface area (Å²) in [5.74, 6) is 0.544. The first kappa shape index (κ1) is 14.1. The number of amides is 1. The van der Waals surface area contributed by atoms with Crippen LogP contribution in [0.5, 0.6) is 5.88 Å². The molecule has 0 aliphatic rings. The third-order valence-corrected chi connectivity index (χ3v) is 3.44. The van der Waals surface area contributed by atoms with Crippen LogP contribution in [0.1, 0.15) is 15.9 Å². The Morgan fingerprint density at radius 2 is 2.05 bits per heavy atom. The Hall–Kier alpha value is -2.89. The second-order valence-corrected chi connectivity index (χ2v) is 4.90. The first-order valence-corrected chi connectivity index (χ1v) is 6.87. The number of methoxy groups -OCH3 is 1. The zero-order valence-corrected chi connectivity index (χ0v) is 12.4. The average Bonchev–Trinajstić information content (AvgIpc) is 2.87. The van der Waals surface area contributed by atoms with Crippen molar-refractivity contribution in [3.63, 3.8) is 0 Å². The van der Waals surface area contributed by atoms with E-state index in [1.165, 1.54) is 0 Å². The number of pyridine rings is 1. The lowest BCUT2D eigenvalue weighted by molar-refractivity contribution is 0.0951. The lowest BCUT2D eigenvalue weighted by Gasteiger charge is -2.05. The van der Waals surface area contributed by atoms with Crippen LogP contribution in [0.3, 0.4) is 0 Å². The van der Waals surface area contributed by atoms with Gasteiger partial charge in [-0.05, 0) is 35.9 Å². The third-order valence-electron chi connectivity index (χ3n) is 3.44. The summed E-state index contributed by atoms with van der Waals surface area (Å²) in [7, 11) is 3.41. The highest BCUT2D eigenvalue weighted by Crippen LogP contribution is 2.25. The first-order valence-electron chi connectivity index (χ1n) is 6.87. The highest BCUT2D eigenvalue weighted by molar-refractivity contribution is 5.98. The summed E-state index contributed by atoms with van der Waals surface area (Å²) in [6.07, 6.45) is 3.40. The molecule has 0 bridgehead atoms. The molecule has 1 amide bonds. The fourth-order valence-electron chi connectivity index (χ4n) is 2.34. The van der Waals surface area contributed by atoms with Gasteiger partial charge in [0.25, 0.3) is 5.91 Å². The molecular weight excluding hydrogens is 280 g/mol. The Morgan fingerprint density at radius 1 is 1.27 bits per heavy atom. The van der Waals surface area contributed by atoms with E-state index in [2.05, 4.69) is 15.4 Å². The van der Waals surface area contributed by atoms with Crippen LogP contribution in [0.2, 0.25) is 0 Å². The average molecular weight is 296 g/mol. The van der Waals surface area contributed by atoms with Crippen LogP contribution in [-0.2, 0) is 13.6 Å². The van der Waals surface area contributed by atoms with Crippen LogP contribution in [0.4, 0.5) is 0 Å². The van der Waals surface area contributed by atoms with Crippen molar-refractivity contribution in [2.24, 2.45) is 7.05 Å². The van der Waals surface area contributed by atoms with E-state index in [1.54, 1.807) is 36.3 Å². The minimum Gasteiger partial charge on any atom is -0.481 e. The lowest BCUT2D eigenvalue weighted by atomic mass is 10.1. The zero-order chi connectivity index (χ0) is 15.5. The fourth-order valence-corrected chi connectivity index (χ4v) is 2.34. The van der Waals surface area contributed by atoms with Gasteiger partial charge in [0, 0.05) is 31.5 Å². The normalized spacial score (nSPS) is 10.6. The third kappa shape index (κ3) is 2.63. The molecule has 0 spiro atoms. The number of carbonyl (C=O) groups excluding carboxylic acids is 1. The van der Waals surface area contributed by atoms with Gasteiger partial charge in [-0.1, -0.05) is 0 Å². The maximum atomic E-state index is 12.2. The van der Waals surface area contributed by atoms with Gasteiger partial charge in [-0.15, -0.1) is 0 Å². The second kappa shape index (κ2) is 5.85. The maximum Gasteiger partial charge on any atom is 0.251 e. The Bertz CT molecular complexity index is 812. The van der Waals surface area contributed by atoms with Crippen molar-refractivity contribution in [2.75, 3.05) is 7.11 Å². The van der Waals surface area contributed by atoms with Gasteiger partial charge < -0.3 is 10.1 Å². The lowest BCUT2D eigenvalue weighted by Crippen LogP contribution is -2.22. The molecule has 6 heteroatoms. The van der Waals surface area contributed by atoms with Gasteiger partial charge in [0.15, 0.2) is 0 Å². The van der Waals surface area contributed by atoms with Gasteiger partial charge in [0.2, 0.25) is 5.88 Å². The van der Waals surface area contributed by atoms with Crippen molar-refractivity contribution in [3.05, 3.63) is 53.9 Å². The maximum absolute atomic E-state index is 12.2. The van der Waals surface area contributed by atoms with E-state index in [4.69, 9.17) is 4.74 Å². The summed E-state index contributed by atoms with van der Waals surface area (Å²) in [5, 5.41) is 8.12. The summed E-state index contributed by atoms with van der Waals surface area (Å²) in [6, 6.07) is 9.12. The molecule has 0 fully saturated rings. The van der Waals surface area contributed by atoms with Crippen LogP contribution >= 0.6 is 0 Å². The zero-order valence-electron chi connectivity index (χ0n) is 12.4. The predicted octanol–water partition coefficient (Wildman–Crippen LogP) is 1.91. The van der Waals surface area contributed by atoms with Crippen LogP contribution in [-0.4, -0.2) is 27.8 Å². The Balaban J connectivity index is 1.79. The molecule has 1 N–H and O–H groups in total. The Morgan fingerprint density at radius 3 is 2.77 bits per heavy atom. The highest BCUT2D eigenvalue weighted by Gasteiger charge is 2.12. The molecule has 0 aliphatic heterocycles. The smallest absolute Gasteiger partial charge is 0.251 e. The first-order chi connectivity index (χ1) is 10.7. The van der Waals surface area contributed by atoms with Crippen molar-refractivity contribution in [3.8, 4) is 5.88 Å². The number of aromatic nitrogens is 3. The number of hydrogen-bond donors (Lipinski definition) is 1. The van der Waals surface area contributed by atoms with Gasteiger partial charge in [-0.2, -0.15) is 5.10 Å². The largest absolute Gasteiger partial charge is 0.481 e. The molecule has 3 aromatic rings. The van der Waals surface area contributed by atoms with Gasteiger partial charge in [-0.3, -0.25) is 9.78 Å². The van der Waals surface area contributed by atoms with Gasteiger partial charge in [0.05, 0.1) is 18.0 Å². The second-order valence-electron chi connectivity index (χ2n) is 4.90. The number of rotatable bonds is 4. The summed E-state index contributed by atoms with van der Waals surface area (Å²) in [6.45, 7) is 0.463. The van der Waals surface area contributed by atoms with E-state index in [0.29, 0.717) is 18.0 Å². The summed E-state index contributed by atoms with van der Waals surface area (Å²) < 4.78 is 6.95. The monoisotopic (exact) mass is 296 g/mol. The Kier molecular flexibility index (Phi) is 3.74. The number of fused-ring (bicyclic) bond motifs is 1. The number of nitrogens with one attached hydrogen (secondary N) is 1. The molecular formula is C16H16N4O2. The minimum atomic E-state index is -0.136. The molecule has 1 aromatic carbocycles. The van der Waals surface area contributed by atoms with E-state index < -0.39 is 0 Å². The van der Waals surface area contributed by atoms with E-state index in [9.17, 15) is 4.79 Å². The summed E-state index contributed by atoms with van der Waals surface area (Å²) in [4.78, 5) is 16.2. The molecule has 0 radical (unpaired) electrons. The topological polar surface area (TPSA) is 69.0 Å². The molecule has 22 heavy (non-hydrogen) atoms. The number of benzene rings is 1. The number of hydrogen-bond acceptors (Lipinski definition) is 4. The van der Waals surface area contributed by atoms with Crippen molar-refractivity contribution in [1.82, 2.24) is 20.1 Å². The quantitative estimate of drug-likeness (QED) is 0.798. The Labute approximate surface area is 127 Å². The molecule has 0 saturated carbocycles. The molecule has 0 saturated heterocycles. The van der Waals surface area contributed by atoms with Crippen molar-refractivity contribution < 1.29 is 9.53 Å². The number of nitrogens with zero attached hydrogens (tertiary/aromatic N) is 3. The molecule has 6 nitrogen and oxygen atoms in total. The van der Waals surface area contributed by atoms with Gasteiger partial charge in [-0.25, -0.2) is 4.68 Å². The molecule has 0 unspecified atom stereocenters. The summed E-state index contributed by atoms with van der Waals surface area (Å²) >= 11 is 0. The fraction of sp³-hybridized carbons (Fsp3) is 0.188. The number of ether oxygens (including phenoxy) is 1. The van der Waals surface area contributed by atoms with Crippen molar-refractivity contribution >= 4 is 16.8 Å². The molecule has 0 atom stereocenters. The molecule has 2 heterocycles. The van der Waals surface area contributed by atoms with Crippen LogP contribution < -0.4 is 10.1 Å². The van der Waals surface area contributed by atoms with Gasteiger partial charge in [0.1, 0.15) is 0 Å². The van der Waals surface area contributed by atoms with Crippen LogP contribution in [0, 0.1) is 0 Å². The van der Waals surface area contributed by atoms with Crippen molar-refractivity contribution in [2.45, 2.75) is 6.54 Å². The SMILES string of the molecule is COc1c2ccc(C(=O)NCc3ccncc3)cc2nn1C. The number of carbonyl (C=O) groups is 1. The molecule has 3 rings (SSSR count). The molecule has 112 valence electrons. The van der Waals surface area contributed by atoms with Crippen molar-refractivity contribution in [1.29, 1.82) is 0 Å². The molecule has 0 aliphatic carbocycles. The number of aryl methyl sites for hydroxylation is 1. The van der Waals surface area contributed by atoms with E-state index in [-0.39, 0.29) is 5.91 Å². The van der Waals surface area contributed by atoms with E-state index >= 15 is 0 Å². The van der Waals surface area contributed by atoms with Crippen LogP contribution in [0.15, 0.2) is 42.7 Å².